The Bertz CT molecular complexity index is 405. The third-order valence-electron chi connectivity index (χ3n) is 3.53. The van der Waals surface area contributed by atoms with Crippen molar-refractivity contribution in [3.63, 3.8) is 0 Å². The smallest absolute Gasteiger partial charge is 0.264 e. The van der Waals surface area contributed by atoms with Gasteiger partial charge in [0.15, 0.2) is 0 Å². The average molecular weight is 268 g/mol. The maximum absolute atomic E-state index is 12.5. The normalized spacial score (nSPS) is 16.1. The first kappa shape index (κ1) is 13.4. The van der Waals surface area contributed by atoms with Crippen LogP contribution in [0.5, 0.6) is 0 Å². The molecule has 4 nitrogen and oxygen atoms in total. The average Bonchev–Trinajstić information content (AvgIpc) is 2.97. The number of hydrogen-bond acceptors (Lipinski definition) is 4. The molecule has 3 N–H and O–H groups in total. The number of aliphatic hydroxyl groups is 1. The van der Waals surface area contributed by atoms with E-state index in [4.69, 9.17) is 10.8 Å². The Morgan fingerprint density at radius 3 is 2.72 bits per heavy atom. The highest BCUT2D eigenvalue weighted by Gasteiger charge is 2.28. The Kier molecular flexibility index (Phi) is 4.24. The third kappa shape index (κ3) is 2.67. The van der Waals surface area contributed by atoms with Gasteiger partial charge in [0, 0.05) is 23.2 Å². The molecule has 0 spiro atoms. The molecule has 0 saturated heterocycles. The summed E-state index contributed by atoms with van der Waals surface area (Å²) in [5, 5.41) is 9.14. The van der Waals surface area contributed by atoms with Crippen LogP contribution in [-0.2, 0) is 0 Å². The Morgan fingerprint density at radius 2 is 2.22 bits per heavy atom. The fourth-order valence-electron chi connectivity index (χ4n) is 2.52. The number of carbonyl (C=O) groups excluding carboxylic acids is 1. The van der Waals surface area contributed by atoms with E-state index in [0.29, 0.717) is 17.1 Å². The molecule has 1 aromatic heterocycles. The maximum Gasteiger partial charge on any atom is 0.264 e. The number of hydrogen-bond donors (Lipinski definition) is 2. The van der Waals surface area contributed by atoms with Gasteiger partial charge in [0.1, 0.15) is 0 Å². The van der Waals surface area contributed by atoms with Gasteiger partial charge in [-0.1, -0.05) is 12.8 Å². The molecule has 1 aromatic rings. The summed E-state index contributed by atoms with van der Waals surface area (Å²) in [5.41, 5.74) is 6.48. The lowest BCUT2D eigenvalue weighted by Crippen LogP contribution is -2.40. The van der Waals surface area contributed by atoms with Crippen molar-refractivity contribution >= 4 is 22.9 Å². The highest BCUT2D eigenvalue weighted by Crippen LogP contribution is 2.28. The zero-order chi connectivity index (χ0) is 13.1. The SMILES string of the molecule is Cc1sc(C(=O)N(CCO)C2CCCC2)cc1N. The summed E-state index contributed by atoms with van der Waals surface area (Å²) >= 11 is 1.44. The molecular formula is C13H20N2O2S. The highest BCUT2D eigenvalue weighted by molar-refractivity contribution is 7.14. The molecule has 1 amide bonds. The van der Waals surface area contributed by atoms with E-state index in [1.54, 1.807) is 6.07 Å². The summed E-state index contributed by atoms with van der Waals surface area (Å²) in [6, 6.07) is 2.04. The van der Waals surface area contributed by atoms with Crippen LogP contribution in [0.2, 0.25) is 0 Å². The van der Waals surface area contributed by atoms with Gasteiger partial charge in [-0.2, -0.15) is 0 Å². The summed E-state index contributed by atoms with van der Waals surface area (Å²) < 4.78 is 0. The third-order valence-corrected chi connectivity index (χ3v) is 4.59. The first-order chi connectivity index (χ1) is 8.63. The predicted octanol–water partition coefficient (Wildman–Crippen LogP) is 2.02. The standard InChI is InChI=1S/C13H20N2O2S/c1-9-11(14)8-12(18-9)13(17)15(6-7-16)10-4-2-3-5-10/h8,10,16H,2-7,14H2,1H3. The van der Waals surface area contributed by atoms with Gasteiger partial charge in [0.2, 0.25) is 0 Å². The molecule has 5 heteroatoms. The Hall–Kier alpha value is -1.07. The van der Waals surface area contributed by atoms with Crippen molar-refractivity contribution in [2.75, 3.05) is 18.9 Å². The monoisotopic (exact) mass is 268 g/mol. The second kappa shape index (κ2) is 5.71. The lowest BCUT2D eigenvalue weighted by Gasteiger charge is -2.27. The van der Waals surface area contributed by atoms with Crippen LogP contribution >= 0.6 is 11.3 Å². The minimum atomic E-state index is 0.0146. The van der Waals surface area contributed by atoms with Crippen LogP contribution in [-0.4, -0.2) is 35.1 Å². The molecule has 1 saturated carbocycles. The topological polar surface area (TPSA) is 66.6 Å². The molecule has 1 aliphatic rings. The van der Waals surface area contributed by atoms with Crippen LogP contribution in [0.4, 0.5) is 5.69 Å². The number of nitrogens with zero attached hydrogens (tertiary/aromatic N) is 1. The fourth-order valence-corrected chi connectivity index (χ4v) is 3.41. The van der Waals surface area contributed by atoms with Gasteiger partial charge < -0.3 is 15.7 Å². The Labute approximate surface area is 111 Å². The molecule has 1 heterocycles. The van der Waals surface area contributed by atoms with Crippen molar-refractivity contribution in [2.24, 2.45) is 0 Å². The molecule has 0 unspecified atom stereocenters. The number of aliphatic hydroxyl groups excluding tert-OH is 1. The Morgan fingerprint density at radius 1 is 1.56 bits per heavy atom. The van der Waals surface area contributed by atoms with Crippen LogP contribution in [0.15, 0.2) is 6.07 Å². The van der Waals surface area contributed by atoms with E-state index in [0.717, 1.165) is 17.7 Å². The van der Waals surface area contributed by atoms with E-state index in [9.17, 15) is 4.79 Å². The van der Waals surface area contributed by atoms with Crippen LogP contribution < -0.4 is 5.73 Å². The molecular weight excluding hydrogens is 248 g/mol. The number of thiophene rings is 1. The largest absolute Gasteiger partial charge is 0.398 e. The van der Waals surface area contributed by atoms with Gasteiger partial charge in [-0.05, 0) is 25.8 Å². The van der Waals surface area contributed by atoms with Crippen LogP contribution in [0.25, 0.3) is 0 Å². The van der Waals surface area contributed by atoms with Crippen molar-refractivity contribution in [2.45, 2.75) is 38.6 Å². The summed E-state index contributed by atoms with van der Waals surface area (Å²) in [4.78, 5) is 15.9. The van der Waals surface area contributed by atoms with Gasteiger partial charge in [-0.15, -0.1) is 11.3 Å². The summed E-state index contributed by atoms with van der Waals surface area (Å²) in [5.74, 6) is 0.0146. The van der Waals surface area contributed by atoms with E-state index < -0.39 is 0 Å². The summed E-state index contributed by atoms with van der Waals surface area (Å²) in [6.45, 7) is 2.35. The van der Waals surface area contributed by atoms with E-state index >= 15 is 0 Å². The molecule has 1 aliphatic carbocycles. The maximum atomic E-state index is 12.5. The molecule has 0 aliphatic heterocycles. The lowest BCUT2D eigenvalue weighted by atomic mass is 10.2. The summed E-state index contributed by atoms with van der Waals surface area (Å²) in [6.07, 6.45) is 4.44. The summed E-state index contributed by atoms with van der Waals surface area (Å²) in [7, 11) is 0. The van der Waals surface area contributed by atoms with Gasteiger partial charge in [0.05, 0.1) is 11.5 Å². The number of rotatable bonds is 4. The lowest BCUT2D eigenvalue weighted by molar-refractivity contribution is 0.0643. The quantitative estimate of drug-likeness (QED) is 0.878. The van der Waals surface area contributed by atoms with E-state index in [1.165, 1.54) is 24.2 Å². The zero-order valence-electron chi connectivity index (χ0n) is 10.7. The molecule has 0 radical (unpaired) electrons. The molecule has 2 rings (SSSR count). The van der Waals surface area contributed by atoms with Gasteiger partial charge in [-0.3, -0.25) is 4.79 Å². The van der Waals surface area contributed by atoms with Crippen molar-refractivity contribution in [3.05, 3.63) is 15.8 Å². The molecule has 1 fully saturated rings. The van der Waals surface area contributed by atoms with Crippen LogP contribution in [0, 0.1) is 6.92 Å². The second-order valence-electron chi connectivity index (χ2n) is 4.78. The molecule has 0 aromatic carbocycles. The van der Waals surface area contributed by atoms with Crippen molar-refractivity contribution < 1.29 is 9.90 Å². The molecule has 0 bridgehead atoms. The number of carbonyl (C=O) groups is 1. The minimum Gasteiger partial charge on any atom is -0.398 e. The fraction of sp³-hybridized carbons (Fsp3) is 0.615. The van der Waals surface area contributed by atoms with Crippen molar-refractivity contribution in [1.29, 1.82) is 0 Å². The first-order valence-electron chi connectivity index (χ1n) is 6.41. The zero-order valence-corrected chi connectivity index (χ0v) is 11.5. The van der Waals surface area contributed by atoms with E-state index in [-0.39, 0.29) is 18.6 Å². The van der Waals surface area contributed by atoms with Crippen LogP contribution in [0.3, 0.4) is 0 Å². The predicted molar refractivity (Wildman–Crippen MR) is 73.8 cm³/mol. The Balaban J connectivity index is 2.16. The van der Waals surface area contributed by atoms with Gasteiger partial charge in [-0.25, -0.2) is 0 Å². The van der Waals surface area contributed by atoms with Crippen LogP contribution in [0.1, 0.15) is 40.2 Å². The number of aryl methyl sites for hydroxylation is 1. The van der Waals surface area contributed by atoms with Gasteiger partial charge in [0.25, 0.3) is 5.91 Å². The molecule has 18 heavy (non-hydrogen) atoms. The number of amides is 1. The number of anilines is 1. The first-order valence-corrected chi connectivity index (χ1v) is 7.23. The molecule has 0 atom stereocenters. The second-order valence-corrected chi connectivity index (χ2v) is 6.04. The number of nitrogens with two attached hydrogens (primary N) is 1. The van der Waals surface area contributed by atoms with E-state index in [1.807, 2.05) is 11.8 Å². The van der Waals surface area contributed by atoms with Gasteiger partial charge >= 0.3 is 0 Å². The van der Waals surface area contributed by atoms with E-state index in [2.05, 4.69) is 0 Å². The minimum absolute atomic E-state index is 0.0146. The van der Waals surface area contributed by atoms with Crippen molar-refractivity contribution in [3.8, 4) is 0 Å². The van der Waals surface area contributed by atoms with Crippen molar-refractivity contribution in [1.82, 2.24) is 4.90 Å². The molecule has 100 valence electrons. The number of nitrogen functional groups attached to an aromatic ring is 1. The highest BCUT2D eigenvalue weighted by atomic mass is 32.1.